The van der Waals surface area contributed by atoms with Gasteiger partial charge in [0.2, 0.25) is 0 Å². The first-order valence-corrected chi connectivity index (χ1v) is 9.69. The molecule has 0 bridgehead atoms. The molecule has 2 amide bonds. The standard InChI is InChI=1S/C22H29N3O4/c1-7-22(5,6)25-19(26)15-9-11-16(12-10-15)24-20(27)18-13(3)17(14(4)23-18)21(28)29-8-2/h9-12,23H,7-8H2,1-6H3,(H,24,27)(H,25,26). The first-order chi connectivity index (χ1) is 13.6. The molecule has 7 nitrogen and oxygen atoms in total. The van der Waals surface area contributed by atoms with E-state index in [0.29, 0.717) is 33.8 Å². The number of hydrogen-bond donors (Lipinski definition) is 3. The second-order valence-electron chi connectivity index (χ2n) is 7.57. The number of benzene rings is 1. The number of carbonyl (C=O) groups excluding carboxylic acids is 3. The van der Waals surface area contributed by atoms with Crippen molar-refractivity contribution >= 4 is 23.5 Å². The Morgan fingerprint density at radius 3 is 2.21 bits per heavy atom. The van der Waals surface area contributed by atoms with Crippen molar-refractivity contribution < 1.29 is 19.1 Å². The molecule has 0 saturated carbocycles. The minimum atomic E-state index is -0.455. The molecule has 0 radical (unpaired) electrons. The summed E-state index contributed by atoms with van der Waals surface area (Å²) in [6.45, 7) is 11.4. The molecule has 0 aliphatic carbocycles. The summed E-state index contributed by atoms with van der Waals surface area (Å²) in [6, 6.07) is 6.66. The van der Waals surface area contributed by atoms with Crippen molar-refractivity contribution in [3.63, 3.8) is 0 Å². The van der Waals surface area contributed by atoms with Crippen LogP contribution in [0.4, 0.5) is 5.69 Å². The summed E-state index contributed by atoms with van der Waals surface area (Å²) >= 11 is 0. The summed E-state index contributed by atoms with van der Waals surface area (Å²) in [5.41, 5.74) is 2.57. The van der Waals surface area contributed by atoms with Gasteiger partial charge in [-0.05, 0) is 70.9 Å². The van der Waals surface area contributed by atoms with Gasteiger partial charge in [0, 0.05) is 22.5 Å². The lowest BCUT2D eigenvalue weighted by atomic mass is 10.0. The van der Waals surface area contributed by atoms with E-state index in [2.05, 4.69) is 15.6 Å². The highest BCUT2D eigenvalue weighted by atomic mass is 16.5. The first-order valence-electron chi connectivity index (χ1n) is 9.69. The molecular formula is C22H29N3O4. The zero-order valence-electron chi connectivity index (χ0n) is 17.9. The fraction of sp³-hybridized carbons (Fsp3) is 0.409. The maximum absolute atomic E-state index is 12.7. The Kier molecular flexibility index (Phi) is 6.84. The lowest BCUT2D eigenvalue weighted by Crippen LogP contribution is -2.42. The fourth-order valence-corrected chi connectivity index (χ4v) is 2.85. The number of nitrogens with one attached hydrogen (secondary N) is 3. The van der Waals surface area contributed by atoms with Gasteiger partial charge in [-0.15, -0.1) is 0 Å². The Morgan fingerprint density at radius 1 is 1.03 bits per heavy atom. The molecule has 7 heteroatoms. The normalized spacial score (nSPS) is 11.1. The highest BCUT2D eigenvalue weighted by Crippen LogP contribution is 2.21. The average Bonchev–Trinajstić information content (AvgIpc) is 2.96. The highest BCUT2D eigenvalue weighted by Gasteiger charge is 2.23. The van der Waals surface area contributed by atoms with E-state index >= 15 is 0 Å². The summed E-state index contributed by atoms with van der Waals surface area (Å²) in [6.07, 6.45) is 0.815. The molecular weight excluding hydrogens is 370 g/mol. The smallest absolute Gasteiger partial charge is 0.340 e. The minimum Gasteiger partial charge on any atom is -0.462 e. The number of hydrogen-bond acceptors (Lipinski definition) is 4. The molecule has 0 spiro atoms. The molecule has 2 aromatic rings. The largest absolute Gasteiger partial charge is 0.462 e. The van der Waals surface area contributed by atoms with E-state index in [4.69, 9.17) is 4.74 Å². The number of anilines is 1. The van der Waals surface area contributed by atoms with Crippen LogP contribution in [0.25, 0.3) is 0 Å². The van der Waals surface area contributed by atoms with Gasteiger partial charge >= 0.3 is 5.97 Å². The van der Waals surface area contributed by atoms with Crippen LogP contribution >= 0.6 is 0 Å². The van der Waals surface area contributed by atoms with Crippen molar-refractivity contribution in [2.75, 3.05) is 11.9 Å². The second-order valence-corrected chi connectivity index (χ2v) is 7.57. The number of aryl methyl sites for hydroxylation is 1. The van der Waals surface area contributed by atoms with E-state index in [9.17, 15) is 14.4 Å². The van der Waals surface area contributed by atoms with Crippen LogP contribution in [0.2, 0.25) is 0 Å². The monoisotopic (exact) mass is 399 g/mol. The number of esters is 1. The fourth-order valence-electron chi connectivity index (χ4n) is 2.85. The first kappa shape index (κ1) is 22.2. The summed E-state index contributed by atoms with van der Waals surface area (Å²) in [5, 5.41) is 5.75. The van der Waals surface area contributed by atoms with Crippen LogP contribution in [0.15, 0.2) is 24.3 Å². The van der Waals surface area contributed by atoms with Crippen LogP contribution in [-0.4, -0.2) is 34.9 Å². The SMILES string of the molecule is CCOC(=O)c1c(C)[nH]c(C(=O)Nc2ccc(C(=O)NC(C)(C)CC)cc2)c1C. The Balaban J connectivity index is 2.13. The van der Waals surface area contributed by atoms with Gasteiger partial charge < -0.3 is 20.4 Å². The maximum Gasteiger partial charge on any atom is 0.340 e. The van der Waals surface area contributed by atoms with Crippen molar-refractivity contribution in [1.82, 2.24) is 10.3 Å². The number of aromatic nitrogens is 1. The number of rotatable bonds is 7. The average molecular weight is 399 g/mol. The second kappa shape index (κ2) is 8.94. The third-order valence-electron chi connectivity index (χ3n) is 4.88. The summed E-state index contributed by atoms with van der Waals surface area (Å²) in [5.74, 6) is -0.988. The molecule has 1 heterocycles. The van der Waals surface area contributed by atoms with Crippen molar-refractivity contribution in [2.24, 2.45) is 0 Å². The molecule has 1 aromatic carbocycles. The van der Waals surface area contributed by atoms with Crippen molar-refractivity contribution in [3.8, 4) is 0 Å². The number of amides is 2. The Labute approximate surface area is 171 Å². The number of aromatic amines is 1. The van der Waals surface area contributed by atoms with Crippen molar-refractivity contribution in [3.05, 3.63) is 52.3 Å². The molecule has 3 N–H and O–H groups in total. The predicted molar refractivity (Wildman–Crippen MR) is 112 cm³/mol. The lowest BCUT2D eigenvalue weighted by molar-refractivity contribution is 0.0524. The molecule has 0 atom stereocenters. The van der Waals surface area contributed by atoms with Gasteiger partial charge in [0.25, 0.3) is 11.8 Å². The van der Waals surface area contributed by atoms with Crippen LogP contribution in [0.5, 0.6) is 0 Å². The van der Waals surface area contributed by atoms with Crippen LogP contribution in [0.3, 0.4) is 0 Å². The molecule has 0 aliphatic heterocycles. The number of H-pyrrole nitrogens is 1. The van der Waals surface area contributed by atoms with Gasteiger partial charge in [0.1, 0.15) is 5.69 Å². The predicted octanol–water partition coefficient (Wildman–Crippen LogP) is 3.98. The molecule has 0 unspecified atom stereocenters. The van der Waals surface area contributed by atoms with Crippen LogP contribution < -0.4 is 10.6 Å². The van der Waals surface area contributed by atoms with E-state index in [1.165, 1.54) is 0 Å². The third-order valence-corrected chi connectivity index (χ3v) is 4.88. The van der Waals surface area contributed by atoms with E-state index in [0.717, 1.165) is 6.42 Å². The topological polar surface area (TPSA) is 100 Å². The number of ether oxygens (including phenoxy) is 1. The minimum absolute atomic E-state index is 0.162. The molecule has 0 saturated heterocycles. The van der Waals surface area contributed by atoms with Crippen LogP contribution in [0, 0.1) is 13.8 Å². The lowest BCUT2D eigenvalue weighted by Gasteiger charge is -2.24. The van der Waals surface area contributed by atoms with Crippen LogP contribution in [-0.2, 0) is 4.74 Å². The van der Waals surface area contributed by atoms with Gasteiger partial charge in [-0.1, -0.05) is 6.92 Å². The van der Waals surface area contributed by atoms with Gasteiger partial charge in [0.15, 0.2) is 0 Å². The van der Waals surface area contributed by atoms with Crippen molar-refractivity contribution in [1.29, 1.82) is 0 Å². The quantitative estimate of drug-likeness (QED) is 0.613. The van der Waals surface area contributed by atoms with E-state index in [1.807, 2.05) is 20.8 Å². The van der Waals surface area contributed by atoms with E-state index in [1.54, 1.807) is 45.0 Å². The van der Waals surface area contributed by atoms with E-state index < -0.39 is 5.97 Å². The van der Waals surface area contributed by atoms with Crippen molar-refractivity contribution in [2.45, 2.75) is 53.5 Å². The van der Waals surface area contributed by atoms with Gasteiger partial charge in [-0.2, -0.15) is 0 Å². The molecule has 2 rings (SSSR count). The van der Waals surface area contributed by atoms with Crippen LogP contribution in [0.1, 0.15) is 76.6 Å². The van der Waals surface area contributed by atoms with Gasteiger partial charge in [-0.25, -0.2) is 4.79 Å². The molecule has 1 aromatic heterocycles. The molecule has 156 valence electrons. The summed E-state index contributed by atoms with van der Waals surface area (Å²) < 4.78 is 5.05. The molecule has 29 heavy (non-hydrogen) atoms. The highest BCUT2D eigenvalue weighted by molar-refractivity contribution is 6.07. The molecule has 0 fully saturated rings. The Morgan fingerprint density at radius 2 is 1.66 bits per heavy atom. The van der Waals surface area contributed by atoms with Gasteiger partial charge in [-0.3, -0.25) is 9.59 Å². The Hall–Kier alpha value is -3.09. The zero-order valence-corrected chi connectivity index (χ0v) is 17.9. The Bertz CT molecular complexity index is 911. The van der Waals surface area contributed by atoms with E-state index in [-0.39, 0.29) is 24.0 Å². The number of carbonyl (C=O) groups is 3. The molecule has 0 aliphatic rings. The maximum atomic E-state index is 12.7. The summed E-state index contributed by atoms with van der Waals surface area (Å²) in [4.78, 5) is 40.0. The third kappa shape index (κ3) is 5.25. The van der Waals surface area contributed by atoms with Gasteiger partial charge in [0.05, 0.1) is 12.2 Å². The summed E-state index contributed by atoms with van der Waals surface area (Å²) in [7, 11) is 0. The zero-order chi connectivity index (χ0) is 21.8.